The number of carboxylic acids is 1. The third-order valence-electron chi connectivity index (χ3n) is 3.64. The van der Waals surface area contributed by atoms with Gasteiger partial charge < -0.3 is 10.4 Å². The molecule has 0 aromatic heterocycles. The number of halogens is 2. The number of carbonyl (C=O) groups excluding carboxylic acids is 1. The van der Waals surface area contributed by atoms with Gasteiger partial charge in [-0.05, 0) is 37.0 Å². The summed E-state index contributed by atoms with van der Waals surface area (Å²) in [7, 11) is 0. The second-order valence-corrected chi connectivity index (χ2v) is 5.68. The summed E-state index contributed by atoms with van der Waals surface area (Å²) in [5.74, 6) is -3.24. The molecule has 0 saturated heterocycles. The Morgan fingerprint density at radius 2 is 2.00 bits per heavy atom. The van der Waals surface area contributed by atoms with Gasteiger partial charge in [0.25, 0.3) is 0 Å². The first-order chi connectivity index (χ1) is 9.38. The first kappa shape index (κ1) is 14.8. The minimum absolute atomic E-state index is 0.0168. The number of hydrogen-bond acceptors (Lipinski definition) is 2. The van der Waals surface area contributed by atoms with Crippen LogP contribution in [0.1, 0.15) is 19.8 Å². The molecule has 3 atom stereocenters. The van der Waals surface area contributed by atoms with Gasteiger partial charge in [0.2, 0.25) is 5.91 Å². The van der Waals surface area contributed by atoms with E-state index in [0.717, 1.165) is 6.07 Å². The van der Waals surface area contributed by atoms with Crippen LogP contribution < -0.4 is 5.32 Å². The van der Waals surface area contributed by atoms with E-state index in [0.29, 0.717) is 12.8 Å². The Morgan fingerprint density at radius 3 is 2.60 bits per heavy atom. The van der Waals surface area contributed by atoms with Gasteiger partial charge in [-0.25, -0.2) is 4.39 Å². The molecule has 1 saturated carbocycles. The predicted octanol–water partition coefficient (Wildman–Crippen LogP) is 3.16. The van der Waals surface area contributed by atoms with Gasteiger partial charge in [-0.3, -0.25) is 9.59 Å². The van der Waals surface area contributed by atoms with Crippen LogP contribution in [-0.4, -0.2) is 17.0 Å². The van der Waals surface area contributed by atoms with Crippen molar-refractivity contribution in [1.82, 2.24) is 0 Å². The van der Waals surface area contributed by atoms with Crippen molar-refractivity contribution in [2.24, 2.45) is 17.8 Å². The van der Waals surface area contributed by atoms with E-state index in [1.807, 2.05) is 6.92 Å². The van der Waals surface area contributed by atoms with Crippen LogP contribution in [0.5, 0.6) is 0 Å². The Kier molecular flexibility index (Phi) is 4.28. The first-order valence-corrected chi connectivity index (χ1v) is 6.75. The molecule has 108 valence electrons. The molecule has 0 aliphatic heterocycles. The number of rotatable bonds is 3. The second-order valence-electron chi connectivity index (χ2n) is 5.24. The Hall–Kier alpha value is -1.62. The van der Waals surface area contributed by atoms with Gasteiger partial charge in [0.1, 0.15) is 5.82 Å². The summed E-state index contributed by atoms with van der Waals surface area (Å²) >= 11 is 5.63. The lowest BCUT2D eigenvalue weighted by Gasteiger charge is -2.15. The molecule has 1 fully saturated rings. The maximum Gasteiger partial charge on any atom is 0.307 e. The van der Waals surface area contributed by atoms with E-state index < -0.39 is 29.5 Å². The number of hydrogen-bond donors (Lipinski definition) is 2. The van der Waals surface area contributed by atoms with Crippen LogP contribution in [0, 0.1) is 23.6 Å². The molecule has 1 aliphatic carbocycles. The Balaban J connectivity index is 2.13. The third kappa shape index (κ3) is 3.10. The number of anilines is 1. The molecule has 0 heterocycles. The number of nitrogens with one attached hydrogen (secondary N) is 1. The van der Waals surface area contributed by atoms with Crippen molar-refractivity contribution in [3.05, 3.63) is 29.0 Å². The molecule has 0 spiro atoms. The van der Waals surface area contributed by atoms with Crippen LogP contribution in [-0.2, 0) is 9.59 Å². The van der Waals surface area contributed by atoms with Crippen LogP contribution in [0.2, 0.25) is 5.02 Å². The number of amides is 1. The highest BCUT2D eigenvalue weighted by atomic mass is 35.5. The summed E-state index contributed by atoms with van der Waals surface area (Å²) in [5, 5.41) is 11.8. The first-order valence-electron chi connectivity index (χ1n) is 6.37. The summed E-state index contributed by atoms with van der Waals surface area (Å²) in [6.45, 7) is 1.91. The molecular weight excluding hydrogens is 285 g/mol. The molecule has 4 nitrogen and oxygen atoms in total. The van der Waals surface area contributed by atoms with E-state index in [2.05, 4.69) is 5.32 Å². The van der Waals surface area contributed by atoms with Gasteiger partial charge >= 0.3 is 5.97 Å². The van der Waals surface area contributed by atoms with Gasteiger partial charge in [0.05, 0.1) is 17.5 Å². The standard InChI is InChI=1S/C14H15ClFNO3/c1-7-4-9(10(5-7)14(19)20)13(18)17-12-3-2-8(15)6-11(12)16/h2-3,6-7,9-10H,4-5H2,1H3,(H,17,18)(H,19,20). The van der Waals surface area contributed by atoms with Crippen LogP contribution in [0.25, 0.3) is 0 Å². The van der Waals surface area contributed by atoms with Crippen LogP contribution in [0.4, 0.5) is 10.1 Å². The number of aliphatic carboxylic acids is 1. The van der Waals surface area contributed by atoms with Crippen molar-refractivity contribution >= 4 is 29.2 Å². The van der Waals surface area contributed by atoms with E-state index in [-0.39, 0.29) is 16.6 Å². The minimum atomic E-state index is -0.980. The van der Waals surface area contributed by atoms with Crippen molar-refractivity contribution in [3.8, 4) is 0 Å². The van der Waals surface area contributed by atoms with Crippen LogP contribution >= 0.6 is 11.6 Å². The second kappa shape index (κ2) is 5.79. The summed E-state index contributed by atoms with van der Waals surface area (Å²) in [4.78, 5) is 23.3. The van der Waals surface area contributed by atoms with Crippen molar-refractivity contribution < 1.29 is 19.1 Å². The zero-order valence-corrected chi connectivity index (χ0v) is 11.7. The molecule has 0 bridgehead atoms. The van der Waals surface area contributed by atoms with Crippen LogP contribution in [0.15, 0.2) is 18.2 Å². The van der Waals surface area contributed by atoms with E-state index in [4.69, 9.17) is 16.7 Å². The smallest absolute Gasteiger partial charge is 0.307 e. The Labute approximate surface area is 120 Å². The largest absolute Gasteiger partial charge is 0.481 e. The fourth-order valence-electron chi connectivity index (χ4n) is 2.67. The van der Waals surface area contributed by atoms with Crippen molar-refractivity contribution in [1.29, 1.82) is 0 Å². The molecule has 1 aromatic carbocycles. The number of carbonyl (C=O) groups is 2. The summed E-state index contributed by atoms with van der Waals surface area (Å²) in [6, 6.07) is 3.93. The van der Waals surface area contributed by atoms with E-state index in [1.54, 1.807) is 0 Å². The highest BCUT2D eigenvalue weighted by molar-refractivity contribution is 6.30. The fraction of sp³-hybridized carbons (Fsp3) is 0.429. The molecule has 0 radical (unpaired) electrons. The highest BCUT2D eigenvalue weighted by Crippen LogP contribution is 2.37. The van der Waals surface area contributed by atoms with Gasteiger partial charge in [0.15, 0.2) is 0 Å². The predicted molar refractivity (Wildman–Crippen MR) is 73.1 cm³/mol. The highest BCUT2D eigenvalue weighted by Gasteiger charge is 2.41. The van der Waals surface area contributed by atoms with Crippen molar-refractivity contribution in [3.63, 3.8) is 0 Å². The molecule has 1 amide bonds. The van der Waals surface area contributed by atoms with E-state index >= 15 is 0 Å². The molecule has 1 aliphatic rings. The normalized spacial score (nSPS) is 25.4. The Bertz CT molecular complexity index is 549. The Morgan fingerprint density at radius 1 is 1.35 bits per heavy atom. The maximum atomic E-state index is 13.6. The minimum Gasteiger partial charge on any atom is -0.481 e. The van der Waals surface area contributed by atoms with Gasteiger partial charge in [-0.2, -0.15) is 0 Å². The zero-order valence-electron chi connectivity index (χ0n) is 10.9. The van der Waals surface area contributed by atoms with Crippen LogP contribution in [0.3, 0.4) is 0 Å². The lowest BCUT2D eigenvalue weighted by molar-refractivity contribution is -0.145. The molecule has 3 unspecified atom stereocenters. The molecule has 1 aromatic rings. The monoisotopic (exact) mass is 299 g/mol. The van der Waals surface area contributed by atoms with Crippen molar-refractivity contribution in [2.45, 2.75) is 19.8 Å². The molecule has 2 N–H and O–H groups in total. The number of carboxylic acid groups (broad SMARTS) is 1. The maximum absolute atomic E-state index is 13.6. The quantitative estimate of drug-likeness (QED) is 0.901. The topological polar surface area (TPSA) is 66.4 Å². The summed E-state index contributed by atoms with van der Waals surface area (Å²) < 4.78 is 13.6. The molecule has 20 heavy (non-hydrogen) atoms. The average molecular weight is 300 g/mol. The number of benzene rings is 1. The van der Waals surface area contributed by atoms with Crippen molar-refractivity contribution in [2.75, 3.05) is 5.32 Å². The lowest BCUT2D eigenvalue weighted by atomic mass is 9.95. The van der Waals surface area contributed by atoms with E-state index in [9.17, 15) is 14.0 Å². The third-order valence-corrected chi connectivity index (χ3v) is 3.88. The van der Waals surface area contributed by atoms with Gasteiger partial charge in [-0.15, -0.1) is 0 Å². The zero-order chi connectivity index (χ0) is 14.9. The fourth-order valence-corrected chi connectivity index (χ4v) is 2.83. The molecular formula is C14H15ClFNO3. The summed E-state index contributed by atoms with van der Waals surface area (Å²) in [5.41, 5.74) is 0.0168. The SMILES string of the molecule is CC1CC(C(=O)O)C(C(=O)Nc2ccc(Cl)cc2F)C1. The average Bonchev–Trinajstić information content (AvgIpc) is 2.75. The van der Waals surface area contributed by atoms with Gasteiger partial charge in [-0.1, -0.05) is 18.5 Å². The molecule has 2 rings (SSSR count). The summed E-state index contributed by atoms with van der Waals surface area (Å²) in [6.07, 6.45) is 0.967. The van der Waals surface area contributed by atoms with E-state index in [1.165, 1.54) is 12.1 Å². The lowest BCUT2D eigenvalue weighted by Crippen LogP contribution is -2.30. The molecule has 6 heteroatoms. The van der Waals surface area contributed by atoms with Gasteiger partial charge in [0, 0.05) is 5.02 Å².